The third-order valence-electron chi connectivity index (χ3n) is 10.4. The van der Waals surface area contributed by atoms with E-state index in [1.165, 1.54) is 32.4 Å². The van der Waals surface area contributed by atoms with Crippen molar-refractivity contribution < 1.29 is 61.9 Å². The summed E-state index contributed by atoms with van der Waals surface area (Å²) in [4.78, 5) is 66.0. The number of furan rings is 1. The Hall–Kier alpha value is -3.45. The summed E-state index contributed by atoms with van der Waals surface area (Å²) in [6, 6.07) is 1.38. The van der Waals surface area contributed by atoms with Gasteiger partial charge in [0.05, 0.1) is 34.9 Å². The highest BCUT2D eigenvalue weighted by Gasteiger charge is 2.86. The molecule has 1 N–H and O–H groups in total. The fraction of sp³-hybridized carbons (Fsp3) is 0.735. The molecule has 1 spiro atoms. The van der Waals surface area contributed by atoms with Gasteiger partial charge in [-0.3, -0.25) is 19.2 Å². The van der Waals surface area contributed by atoms with Gasteiger partial charge >= 0.3 is 29.8 Å². The maximum Gasteiger partial charge on any atom is 0.341 e. The zero-order valence-corrected chi connectivity index (χ0v) is 28.7. The van der Waals surface area contributed by atoms with E-state index >= 15 is 0 Å². The lowest BCUT2D eigenvalue weighted by atomic mass is 9.46. The SMILES string of the molecule is CCC(C)C(=O)OCC12C(OC(=O)C(C)CC)CC3C(OC(C)=O)C1(OC3(C)C)C(C)(O)CC(OC(C)=O)C2OC(=O)c1ccoc1. The van der Waals surface area contributed by atoms with Crippen LogP contribution in [0.4, 0.5) is 0 Å². The summed E-state index contributed by atoms with van der Waals surface area (Å²) >= 11 is 0. The zero-order valence-electron chi connectivity index (χ0n) is 28.7. The van der Waals surface area contributed by atoms with Crippen molar-refractivity contribution in [2.24, 2.45) is 23.2 Å². The van der Waals surface area contributed by atoms with E-state index in [9.17, 15) is 29.1 Å². The minimum atomic E-state index is -2.02. The molecule has 0 aromatic carbocycles. The topological polar surface area (TPSA) is 174 Å². The lowest BCUT2D eigenvalue weighted by molar-refractivity contribution is -0.355. The molecule has 1 aliphatic heterocycles. The summed E-state index contributed by atoms with van der Waals surface area (Å²) in [7, 11) is 0. The molecule has 4 rings (SSSR count). The van der Waals surface area contributed by atoms with Gasteiger partial charge < -0.3 is 37.9 Å². The van der Waals surface area contributed by atoms with Crippen LogP contribution in [-0.4, -0.2) is 82.8 Å². The molecular weight excluding hydrogens is 616 g/mol. The largest absolute Gasteiger partial charge is 0.472 e. The fourth-order valence-corrected chi connectivity index (χ4v) is 7.70. The van der Waals surface area contributed by atoms with Crippen molar-refractivity contribution in [3.63, 3.8) is 0 Å². The molecular formula is C34H48O13. The molecule has 1 aromatic rings. The summed E-state index contributed by atoms with van der Waals surface area (Å²) in [5.74, 6) is -5.25. The van der Waals surface area contributed by atoms with Crippen LogP contribution in [0.3, 0.4) is 0 Å². The van der Waals surface area contributed by atoms with E-state index in [4.69, 9.17) is 32.8 Å². The van der Waals surface area contributed by atoms with Gasteiger partial charge in [-0.15, -0.1) is 0 Å². The third-order valence-corrected chi connectivity index (χ3v) is 10.4. The van der Waals surface area contributed by atoms with Crippen molar-refractivity contribution in [1.82, 2.24) is 0 Å². The maximum atomic E-state index is 13.7. The van der Waals surface area contributed by atoms with Crippen molar-refractivity contribution in [2.75, 3.05) is 6.61 Å². The van der Waals surface area contributed by atoms with Gasteiger partial charge in [-0.25, -0.2) is 4.79 Å². The molecule has 2 heterocycles. The van der Waals surface area contributed by atoms with Crippen LogP contribution in [0.1, 0.15) is 98.4 Å². The number of aliphatic hydroxyl groups is 1. The van der Waals surface area contributed by atoms with Gasteiger partial charge in [0.1, 0.15) is 36.6 Å². The van der Waals surface area contributed by atoms with E-state index in [0.717, 1.165) is 6.92 Å². The van der Waals surface area contributed by atoms with Gasteiger partial charge in [0, 0.05) is 26.2 Å². The molecule has 3 aliphatic rings. The van der Waals surface area contributed by atoms with Crippen LogP contribution in [0, 0.1) is 23.2 Å². The average molecular weight is 665 g/mol. The Kier molecular flexibility index (Phi) is 10.2. The van der Waals surface area contributed by atoms with Crippen molar-refractivity contribution in [2.45, 2.75) is 129 Å². The summed E-state index contributed by atoms with van der Waals surface area (Å²) in [6.07, 6.45) is -2.36. The molecule has 3 fully saturated rings. The predicted molar refractivity (Wildman–Crippen MR) is 162 cm³/mol. The van der Waals surface area contributed by atoms with E-state index in [1.807, 2.05) is 13.8 Å². The zero-order chi connectivity index (χ0) is 35.1. The highest BCUT2D eigenvalue weighted by molar-refractivity contribution is 5.89. The van der Waals surface area contributed by atoms with Gasteiger partial charge in [0.2, 0.25) is 0 Å². The Morgan fingerprint density at radius 2 is 1.53 bits per heavy atom. The Morgan fingerprint density at radius 1 is 0.915 bits per heavy atom. The Morgan fingerprint density at radius 3 is 2.09 bits per heavy atom. The summed E-state index contributed by atoms with van der Waals surface area (Å²) in [5.41, 5.74) is -7.10. The molecule has 2 saturated carbocycles. The molecule has 1 aromatic heterocycles. The number of fused-ring (bicyclic) bond motifs is 1. The second-order valence-electron chi connectivity index (χ2n) is 14.0. The summed E-state index contributed by atoms with van der Waals surface area (Å²) in [6.45, 7) is 13.7. The van der Waals surface area contributed by atoms with E-state index < -0.39 is 101 Å². The lowest BCUT2D eigenvalue weighted by Crippen LogP contribution is -2.83. The van der Waals surface area contributed by atoms with Crippen molar-refractivity contribution in [3.8, 4) is 0 Å². The molecule has 13 nitrogen and oxygen atoms in total. The van der Waals surface area contributed by atoms with Crippen molar-refractivity contribution in [1.29, 1.82) is 0 Å². The highest BCUT2D eigenvalue weighted by Crippen LogP contribution is 2.69. The number of esters is 5. The first-order chi connectivity index (χ1) is 21.9. The minimum Gasteiger partial charge on any atom is -0.472 e. The summed E-state index contributed by atoms with van der Waals surface area (Å²) in [5, 5.41) is 12.6. The Labute approximate surface area is 274 Å². The Balaban J connectivity index is 2.08. The van der Waals surface area contributed by atoms with E-state index in [-0.39, 0.29) is 18.4 Å². The van der Waals surface area contributed by atoms with Gasteiger partial charge in [0.25, 0.3) is 0 Å². The smallest absolute Gasteiger partial charge is 0.341 e. The maximum absolute atomic E-state index is 13.7. The molecule has 0 amide bonds. The minimum absolute atomic E-state index is 0.00160. The standard InChI is InChI=1S/C34H48O13/c1-10-18(3)28(37)42-17-33-25(45-29(38)19(4)11-2)14-23-26(44-21(6)36)34(33,47-31(23,7)8)32(9,40)15-24(43-20(5)35)27(33)46-30(39)22-12-13-41-16-22/h12-13,16,18-19,23-27,40H,10-11,14-15,17H2,1-9H3. The van der Waals surface area contributed by atoms with Crippen LogP contribution in [0.25, 0.3) is 0 Å². The molecule has 1 saturated heterocycles. The Bertz CT molecular complexity index is 1350. The molecule has 10 unspecified atom stereocenters. The lowest BCUT2D eigenvalue weighted by Gasteiger charge is -2.65. The first kappa shape index (κ1) is 36.4. The molecule has 13 heteroatoms. The van der Waals surface area contributed by atoms with Crippen molar-refractivity contribution >= 4 is 29.8 Å². The predicted octanol–water partition coefficient (Wildman–Crippen LogP) is 3.92. The number of hydrogen-bond donors (Lipinski definition) is 1. The molecule has 262 valence electrons. The van der Waals surface area contributed by atoms with E-state index in [0.29, 0.717) is 12.8 Å². The monoisotopic (exact) mass is 664 g/mol. The molecule has 2 aliphatic carbocycles. The van der Waals surface area contributed by atoms with Gasteiger partial charge in [-0.1, -0.05) is 27.7 Å². The van der Waals surface area contributed by atoms with Crippen LogP contribution in [0.15, 0.2) is 23.0 Å². The van der Waals surface area contributed by atoms with E-state index in [2.05, 4.69) is 0 Å². The van der Waals surface area contributed by atoms with Crippen LogP contribution in [-0.2, 0) is 47.6 Å². The third kappa shape index (κ3) is 6.16. The van der Waals surface area contributed by atoms with E-state index in [1.54, 1.807) is 27.7 Å². The second kappa shape index (κ2) is 13.2. The number of carbonyl (C=O) groups excluding carboxylic acids is 5. The summed E-state index contributed by atoms with van der Waals surface area (Å²) < 4.78 is 42.3. The first-order valence-corrected chi connectivity index (χ1v) is 16.3. The fourth-order valence-electron chi connectivity index (χ4n) is 7.70. The van der Waals surface area contributed by atoms with Crippen LogP contribution in [0.5, 0.6) is 0 Å². The number of carbonyl (C=O) groups is 5. The first-order valence-electron chi connectivity index (χ1n) is 16.3. The van der Waals surface area contributed by atoms with Crippen LogP contribution < -0.4 is 0 Å². The molecule has 2 bridgehead atoms. The van der Waals surface area contributed by atoms with Gasteiger partial charge in [-0.05, 0) is 46.1 Å². The second-order valence-corrected chi connectivity index (χ2v) is 14.0. The quantitative estimate of drug-likeness (QED) is 0.267. The number of rotatable bonds is 11. The highest BCUT2D eigenvalue weighted by atomic mass is 16.6. The molecule has 10 atom stereocenters. The molecule has 0 radical (unpaired) electrons. The molecule has 47 heavy (non-hydrogen) atoms. The van der Waals surface area contributed by atoms with Crippen LogP contribution >= 0.6 is 0 Å². The van der Waals surface area contributed by atoms with Crippen molar-refractivity contribution in [3.05, 3.63) is 24.2 Å². The number of ether oxygens (including phenoxy) is 6. The average Bonchev–Trinajstić information content (AvgIpc) is 3.58. The van der Waals surface area contributed by atoms with Crippen LogP contribution in [0.2, 0.25) is 0 Å². The normalized spacial score (nSPS) is 35.1. The van der Waals surface area contributed by atoms with Gasteiger partial charge in [0.15, 0.2) is 11.7 Å². The number of hydrogen-bond acceptors (Lipinski definition) is 13. The van der Waals surface area contributed by atoms with Gasteiger partial charge in [-0.2, -0.15) is 0 Å².